The monoisotopic (exact) mass is 225 g/mol. The minimum absolute atomic E-state index is 0.00917. The molecule has 0 saturated carbocycles. The first-order valence-corrected chi connectivity index (χ1v) is 5.67. The molecule has 17 heavy (non-hydrogen) atoms. The van der Waals surface area contributed by atoms with Gasteiger partial charge in [-0.05, 0) is 25.5 Å². The Morgan fingerprint density at radius 1 is 1.29 bits per heavy atom. The molecule has 0 aliphatic carbocycles. The summed E-state index contributed by atoms with van der Waals surface area (Å²) < 4.78 is 1.94. The molecule has 1 aromatic carbocycles. The molecule has 86 valence electrons. The maximum atomic E-state index is 8.97. The number of aromatic nitrogens is 2. The Balaban J connectivity index is 2.43. The van der Waals surface area contributed by atoms with Crippen LogP contribution in [0.25, 0.3) is 0 Å². The summed E-state index contributed by atoms with van der Waals surface area (Å²) in [5.74, 6) is 0. The summed E-state index contributed by atoms with van der Waals surface area (Å²) >= 11 is 0. The summed E-state index contributed by atoms with van der Waals surface area (Å²) in [5.41, 5.74) is 3.20. The summed E-state index contributed by atoms with van der Waals surface area (Å²) in [4.78, 5) is 0. The zero-order valence-electron chi connectivity index (χ0n) is 10.1. The minimum Gasteiger partial charge on any atom is -0.261 e. The summed E-state index contributed by atoms with van der Waals surface area (Å²) in [6, 6.07) is 14.3. The number of benzene rings is 1. The van der Waals surface area contributed by atoms with E-state index >= 15 is 0 Å². The molecule has 0 bridgehead atoms. The molecular weight excluding hydrogens is 210 g/mol. The third kappa shape index (κ3) is 2.36. The van der Waals surface area contributed by atoms with Crippen molar-refractivity contribution in [1.82, 2.24) is 9.78 Å². The molecule has 0 fully saturated rings. The Kier molecular flexibility index (Phi) is 3.24. The van der Waals surface area contributed by atoms with Gasteiger partial charge in [0, 0.05) is 5.69 Å². The third-order valence-corrected chi connectivity index (χ3v) is 2.81. The zero-order valence-corrected chi connectivity index (χ0v) is 10.1. The standard InChI is InChI=1S/C14H15N3/c1-11-10-12(2)17(16-11)14(8-9-15)13-6-4-3-5-7-13/h3-7,10,14H,8H2,1-2H3. The van der Waals surface area contributed by atoms with Gasteiger partial charge in [0.15, 0.2) is 0 Å². The number of aryl methyl sites for hydroxylation is 2. The van der Waals surface area contributed by atoms with Crippen LogP contribution in [-0.4, -0.2) is 9.78 Å². The predicted octanol–water partition coefficient (Wildman–Crippen LogP) is 3.00. The maximum Gasteiger partial charge on any atom is 0.0901 e. The zero-order chi connectivity index (χ0) is 12.3. The first-order valence-electron chi connectivity index (χ1n) is 5.67. The molecule has 2 aromatic rings. The quantitative estimate of drug-likeness (QED) is 0.805. The van der Waals surface area contributed by atoms with Crippen LogP contribution in [-0.2, 0) is 0 Å². The van der Waals surface area contributed by atoms with Crippen LogP contribution in [0.5, 0.6) is 0 Å². The largest absolute Gasteiger partial charge is 0.261 e. The van der Waals surface area contributed by atoms with E-state index in [4.69, 9.17) is 5.26 Å². The first kappa shape index (κ1) is 11.4. The van der Waals surface area contributed by atoms with Gasteiger partial charge < -0.3 is 0 Å². The summed E-state index contributed by atoms with van der Waals surface area (Å²) in [6.07, 6.45) is 0.436. The van der Waals surface area contributed by atoms with Crippen molar-refractivity contribution in [3.05, 3.63) is 53.3 Å². The van der Waals surface area contributed by atoms with Crippen molar-refractivity contribution < 1.29 is 0 Å². The first-order chi connectivity index (χ1) is 8.22. The highest BCUT2D eigenvalue weighted by atomic mass is 15.3. The molecule has 0 radical (unpaired) electrons. The van der Waals surface area contributed by atoms with Crippen molar-refractivity contribution >= 4 is 0 Å². The number of rotatable bonds is 3. The lowest BCUT2D eigenvalue weighted by Gasteiger charge is -2.16. The molecular formula is C14H15N3. The van der Waals surface area contributed by atoms with Crippen molar-refractivity contribution in [2.75, 3.05) is 0 Å². The van der Waals surface area contributed by atoms with Gasteiger partial charge in [0.05, 0.1) is 24.2 Å². The molecule has 3 nitrogen and oxygen atoms in total. The van der Waals surface area contributed by atoms with Crippen LogP contribution in [0.1, 0.15) is 29.4 Å². The van der Waals surface area contributed by atoms with E-state index in [1.54, 1.807) is 0 Å². The Morgan fingerprint density at radius 2 is 2.00 bits per heavy atom. The van der Waals surface area contributed by atoms with Gasteiger partial charge in [-0.1, -0.05) is 30.3 Å². The van der Waals surface area contributed by atoms with Crippen molar-refractivity contribution in [2.45, 2.75) is 26.3 Å². The average molecular weight is 225 g/mol. The van der Waals surface area contributed by atoms with Crippen molar-refractivity contribution in [3.8, 4) is 6.07 Å². The van der Waals surface area contributed by atoms with Crippen LogP contribution < -0.4 is 0 Å². The lowest BCUT2D eigenvalue weighted by atomic mass is 10.0. The van der Waals surface area contributed by atoms with E-state index in [0.717, 1.165) is 17.0 Å². The number of hydrogen-bond acceptors (Lipinski definition) is 2. The van der Waals surface area contributed by atoms with E-state index in [0.29, 0.717) is 6.42 Å². The number of nitrogens with zero attached hydrogens (tertiary/aromatic N) is 3. The van der Waals surface area contributed by atoms with E-state index in [-0.39, 0.29) is 6.04 Å². The number of hydrogen-bond donors (Lipinski definition) is 0. The highest BCUT2D eigenvalue weighted by molar-refractivity contribution is 5.22. The van der Waals surface area contributed by atoms with Gasteiger partial charge in [0.2, 0.25) is 0 Å². The molecule has 3 heteroatoms. The van der Waals surface area contributed by atoms with Crippen molar-refractivity contribution in [2.24, 2.45) is 0 Å². The predicted molar refractivity (Wildman–Crippen MR) is 66.5 cm³/mol. The summed E-state index contributed by atoms with van der Waals surface area (Å²) in [5, 5.41) is 13.4. The Hall–Kier alpha value is -2.08. The van der Waals surface area contributed by atoms with Crippen LogP contribution >= 0.6 is 0 Å². The third-order valence-electron chi connectivity index (χ3n) is 2.81. The normalized spacial score (nSPS) is 12.1. The second-order valence-corrected chi connectivity index (χ2v) is 4.16. The fraction of sp³-hybridized carbons (Fsp3) is 0.286. The molecule has 0 aliphatic heterocycles. The molecule has 0 aliphatic rings. The molecule has 1 unspecified atom stereocenters. The van der Waals surface area contributed by atoms with E-state index in [2.05, 4.69) is 11.2 Å². The molecule has 1 atom stereocenters. The molecule has 1 heterocycles. The molecule has 0 N–H and O–H groups in total. The summed E-state index contributed by atoms with van der Waals surface area (Å²) in [7, 11) is 0. The maximum absolute atomic E-state index is 8.97. The number of nitriles is 1. The Bertz CT molecular complexity index is 534. The Labute approximate surface area is 101 Å². The highest BCUT2D eigenvalue weighted by Gasteiger charge is 2.16. The Morgan fingerprint density at radius 3 is 2.53 bits per heavy atom. The van der Waals surface area contributed by atoms with Gasteiger partial charge in [0.25, 0.3) is 0 Å². The van der Waals surface area contributed by atoms with Crippen molar-refractivity contribution in [3.63, 3.8) is 0 Å². The van der Waals surface area contributed by atoms with Crippen LogP contribution in [0.2, 0.25) is 0 Å². The minimum atomic E-state index is 0.00917. The van der Waals surface area contributed by atoms with E-state index in [1.807, 2.05) is 54.9 Å². The molecule has 0 spiro atoms. The average Bonchev–Trinajstić information content (AvgIpc) is 2.66. The van der Waals surface area contributed by atoms with Crippen LogP contribution in [0.3, 0.4) is 0 Å². The molecule has 1 aromatic heterocycles. The van der Waals surface area contributed by atoms with Crippen LogP contribution in [0.15, 0.2) is 36.4 Å². The SMILES string of the molecule is Cc1cc(C)n(C(CC#N)c2ccccc2)n1. The fourth-order valence-corrected chi connectivity index (χ4v) is 2.07. The van der Waals surface area contributed by atoms with Crippen LogP contribution in [0, 0.1) is 25.2 Å². The van der Waals surface area contributed by atoms with Gasteiger partial charge in [0.1, 0.15) is 0 Å². The van der Waals surface area contributed by atoms with Gasteiger partial charge in [-0.15, -0.1) is 0 Å². The lowest BCUT2D eigenvalue weighted by Crippen LogP contribution is -2.13. The lowest BCUT2D eigenvalue weighted by molar-refractivity contribution is 0.516. The molecule has 0 amide bonds. The van der Waals surface area contributed by atoms with E-state index < -0.39 is 0 Å². The van der Waals surface area contributed by atoms with Crippen LogP contribution in [0.4, 0.5) is 0 Å². The second kappa shape index (κ2) is 4.84. The van der Waals surface area contributed by atoms with E-state index in [1.165, 1.54) is 0 Å². The van der Waals surface area contributed by atoms with Gasteiger partial charge in [-0.2, -0.15) is 10.4 Å². The van der Waals surface area contributed by atoms with Gasteiger partial charge in [-0.25, -0.2) is 0 Å². The highest BCUT2D eigenvalue weighted by Crippen LogP contribution is 2.22. The molecule has 0 saturated heterocycles. The van der Waals surface area contributed by atoms with Gasteiger partial charge >= 0.3 is 0 Å². The van der Waals surface area contributed by atoms with E-state index in [9.17, 15) is 0 Å². The van der Waals surface area contributed by atoms with Crippen molar-refractivity contribution in [1.29, 1.82) is 5.26 Å². The van der Waals surface area contributed by atoms with Gasteiger partial charge in [-0.3, -0.25) is 4.68 Å². The molecule has 2 rings (SSSR count). The fourth-order valence-electron chi connectivity index (χ4n) is 2.07. The second-order valence-electron chi connectivity index (χ2n) is 4.16. The summed E-state index contributed by atoms with van der Waals surface area (Å²) in [6.45, 7) is 3.99. The smallest absolute Gasteiger partial charge is 0.0901 e. The topological polar surface area (TPSA) is 41.6 Å².